The van der Waals surface area contributed by atoms with Gasteiger partial charge in [0.15, 0.2) is 11.5 Å². The molecule has 3 aromatic rings. The van der Waals surface area contributed by atoms with Crippen molar-refractivity contribution in [2.75, 3.05) is 19.5 Å². The molecule has 0 saturated carbocycles. The molecule has 0 bridgehead atoms. The molecule has 0 aliphatic rings. The second kappa shape index (κ2) is 6.16. The van der Waals surface area contributed by atoms with Crippen LogP contribution >= 0.6 is 0 Å². The first kappa shape index (κ1) is 15.1. The first-order chi connectivity index (χ1) is 11.1. The summed E-state index contributed by atoms with van der Waals surface area (Å²) in [5, 5.41) is 8.91. The molecule has 6 heteroatoms. The van der Waals surface area contributed by atoms with Gasteiger partial charge in [0, 0.05) is 36.6 Å². The number of aromatic nitrogens is 3. The van der Waals surface area contributed by atoms with Gasteiger partial charge in [0.25, 0.3) is 0 Å². The van der Waals surface area contributed by atoms with E-state index in [9.17, 15) is 0 Å². The van der Waals surface area contributed by atoms with Crippen LogP contribution in [-0.4, -0.2) is 29.0 Å². The molecule has 0 radical (unpaired) electrons. The highest BCUT2D eigenvalue weighted by Crippen LogP contribution is 2.35. The van der Waals surface area contributed by atoms with Gasteiger partial charge in [0.05, 0.1) is 31.5 Å². The lowest BCUT2D eigenvalue weighted by Crippen LogP contribution is -2.08. The number of pyridine rings is 1. The largest absolute Gasteiger partial charge is 0.493 e. The van der Waals surface area contributed by atoms with E-state index in [0.717, 1.165) is 22.3 Å². The normalized spacial score (nSPS) is 12.2. The number of fused-ring (bicyclic) bond motifs is 1. The van der Waals surface area contributed by atoms with Gasteiger partial charge in [-0.3, -0.25) is 9.67 Å². The third-order valence-corrected chi connectivity index (χ3v) is 3.80. The zero-order valence-electron chi connectivity index (χ0n) is 13.7. The average molecular weight is 312 g/mol. The first-order valence-corrected chi connectivity index (χ1v) is 7.39. The predicted octanol–water partition coefficient (Wildman–Crippen LogP) is 3.16. The highest BCUT2D eigenvalue weighted by molar-refractivity contribution is 5.93. The molecule has 120 valence electrons. The van der Waals surface area contributed by atoms with Crippen LogP contribution in [0, 0.1) is 0 Å². The Balaban J connectivity index is 2.00. The second-order valence-electron chi connectivity index (χ2n) is 5.36. The molecule has 2 aromatic heterocycles. The summed E-state index contributed by atoms with van der Waals surface area (Å²) in [7, 11) is 5.16. The number of nitrogens with one attached hydrogen (secondary N) is 1. The number of hydrogen-bond acceptors (Lipinski definition) is 5. The fourth-order valence-electron chi connectivity index (χ4n) is 2.57. The molecule has 23 heavy (non-hydrogen) atoms. The van der Waals surface area contributed by atoms with Gasteiger partial charge in [-0.25, -0.2) is 0 Å². The van der Waals surface area contributed by atoms with Crippen molar-refractivity contribution in [2.45, 2.75) is 13.0 Å². The van der Waals surface area contributed by atoms with Crippen molar-refractivity contribution in [2.24, 2.45) is 7.05 Å². The van der Waals surface area contributed by atoms with Gasteiger partial charge in [-0.05, 0) is 25.1 Å². The number of aryl methyl sites for hydroxylation is 1. The minimum Gasteiger partial charge on any atom is -0.493 e. The van der Waals surface area contributed by atoms with Crippen molar-refractivity contribution in [3.8, 4) is 11.5 Å². The summed E-state index contributed by atoms with van der Waals surface area (Å²) in [6.07, 6.45) is 3.72. The topological polar surface area (TPSA) is 61.2 Å². The third kappa shape index (κ3) is 2.92. The zero-order chi connectivity index (χ0) is 16.4. The van der Waals surface area contributed by atoms with Crippen molar-refractivity contribution >= 4 is 16.6 Å². The molecular weight excluding hydrogens is 292 g/mol. The Morgan fingerprint density at radius 1 is 1.13 bits per heavy atom. The third-order valence-electron chi connectivity index (χ3n) is 3.80. The molecule has 6 nitrogen and oxygen atoms in total. The number of methoxy groups -OCH3 is 2. The fourth-order valence-corrected chi connectivity index (χ4v) is 2.57. The summed E-state index contributed by atoms with van der Waals surface area (Å²) in [6, 6.07) is 7.85. The molecule has 0 saturated heterocycles. The number of anilines is 1. The molecular formula is C17H20N4O2. The van der Waals surface area contributed by atoms with Crippen LogP contribution < -0.4 is 14.8 Å². The number of nitrogens with zero attached hydrogens (tertiary/aromatic N) is 3. The van der Waals surface area contributed by atoms with Crippen LogP contribution in [0.1, 0.15) is 18.7 Å². The maximum atomic E-state index is 5.40. The smallest absolute Gasteiger partial charge is 0.162 e. The molecule has 0 fully saturated rings. The molecule has 0 amide bonds. The highest BCUT2D eigenvalue weighted by atomic mass is 16.5. The molecule has 0 aliphatic heterocycles. The minimum atomic E-state index is 0.0786. The molecule has 1 aromatic carbocycles. The van der Waals surface area contributed by atoms with Crippen LogP contribution in [0.5, 0.6) is 11.5 Å². The van der Waals surface area contributed by atoms with E-state index < -0.39 is 0 Å². The van der Waals surface area contributed by atoms with Gasteiger partial charge >= 0.3 is 0 Å². The van der Waals surface area contributed by atoms with Crippen LogP contribution in [0.25, 0.3) is 10.9 Å². The summed E-state index contributed by atoms with van der Waals surface area (Å²) in [5.41, 5.74) is 2.81. The van der Waals surface area contributed by atoms with Gasteiger partial charge in [0.2, 0.25) is 0 Å². The Kier molecular flexibility index (Phi) is 4.06. The first-order valence-electron chi connectivity index (χ1n) is 7.39. The minimum absolute atomic E-state index is 0.0786. The van der Waals surface area contributed by atoms with Gasteiger partial charge < -0.3 is 14.8 Å². The number of benzene rings is 1. The Morgan fingerprint density at radius 3 is 2.52 bits per heavy atom. The van der Waals surface area contributed by atoms with Crippen LogP contribution in [0.3, 0.4) is 0 Å². The maximum Gasteiger partial charge on any atom is 0.162 e. The van der Waals surface area contributed by atoms with Crippen LogP contribution in [0.2, 0.25) is 0 Å². The van der Waals surface area contributed by atoms with Crippen molar-refractivity contribution in [1.29, 1.82) is 0 Å². The quantitative estimate of drug-likeness (QED) is 0.784. The fraction of sp³-hybridized carbons (Fsp3) is 0.294. The molecule has 0 spiro atoms. The van der Waals surface area contributed by atoms with E-state index in [-0.39, 0.29) is 6.04 Å². The van der Waals surface area contributed by atoms with E-state index in [4.69, 9.17) is 9.47 Å². The van der Waals surface area contributed by atoms with Gasteiger partial charge in [-0.1, -0.05) is 0 Å². The van der Waals surface area contributed by atoms with E-state index in [1.54, 1.807) is 25.1 Å². The number of hydrogen-bond donors (Lipinski definition) is 1. The van der Waals surface area contributed by atoms with Crippen LogP contribution in [-0.2, 0) is 7.05 Å². The van der Waals surface area contributed by atoms with Crippen LogP contribution in [0.15, 0.2) is 36.7 Å². The van der Waals surface area contributed by atoms with E-state index in [0.29, 0.717) is 11.5 Å². The Labute approximate surface area is 135 Å². The number of ether oxygens (including phenoxy) is 2. The monoisotopic (exact) mass is 312 g/mol. The van der Waals surface area contributed by atoms with Crippen molar-refractivity contribution in [3.63, 3.8) is 0 Å². The van der Waals surface area contributed by atoms with E-state index in [1.165, 1.54) is 0 Å². The van der Waals surface area contributed by atoms with Gasteiger partial charge in [0.1, 0.15) is 0 Å². The summed E-state index contributed by atoms with van der Waals surface area (Å²) in [6.45, 7) is 2.08. The van der Waals surface area contributed by atoms with Crippen molar-refractivity contribution < 1.29 is 9.47 Å². The van der Waals surface area contributed by atoms with Gasteiger partial charge in [-0.15, -0.1) is 0 Å². The van der Waals surface area contributed by atoms with E-state index in [2.05, 4.69) is 22.3 Å². The molecule has 1 unspecified atom stereocenters. The number of rotatable bonds is 5. The highest BCUT2D eigenvalue weighted by Gasteiger charge is 2.13. The lowest BCUT2D eigenvalue weighted by atomic mass is 10.1. The maximum absolute atomic E-state index is 5.40. The SMILES string of the molecule is COc1cc2nccc(NC(C)c3ccn(C)n3)c2cc1OC. The lowest BCUT2D eigenvalue weighted by molar-refractivity contribution is 0.356. The standard InChI is InChI=1S/C17H20N4O2/c1-11(13-6-8-21(2)20-13)19-14-5-7-18-15-10-17(23-4)16(22-3)9-12(14)15/h5-11H,1-4H3,(H,18,19). The Bertz CT molecular complexity index is 829. The Hall–Kier alpha value is -2.76. The second-order valence-corrected chi connectivity index (χ2v) is 5.36. The lowest BCUT2D eigenvalue weighted by Gasteiger charge is -2.16. The van der Waals surface area contributed by atoms with Crippen molar-refractivity contribution in [3.05, 3.63) is 42.4 Å². The van der Waals surface area contributed by atoms with Crippen LogP contribution in [0.4, 0.5) is 5.69 Å². The molecule has 3 rings (SSSR count). The molecule has 1 atom stereocenters. The molecule has 0 aliphatic carbocycles. The zero-order valence-corrected chi connectivity index (χ0v) is 13.7. The average Bonchev–Trinajstić information content (AvgIpc) is 3.00. The summed E-state index contributed by atoms with van der Waals surface area (Å²) >= 11 is 0. The van der Waals surface area contributed by atoms with E-state index >= 15 is 0 Å². The van der Waals surface area contributed by atoms with E-state index in [1.807, 2.05) is 37.5 Å². The Morgan fingerprint density at radius 2 is 1.87 bits per heavy atom. The van der Waals surface area contributed by atoms with Crippen molar-refractivity contribution in [1.82, 2.24) is 14.8 Å². The molecule has 2 heterocycles. The molecule has 1 N–H and O–H groups in total. The summed E-state index contributed by atoms with van der Waals surface area (Å²) in [4.78, 5) is 4.41. The predicted molar refractivity (Wildman–Crippen MR) is 90.1 cm³/mol. The summed E-state index contributed by atoms with van der Waals surface area (Å²) < 4.78 is 12.5. The summed E-state index contributed by atoms with van der Waals surface area (Å²) in [5.74, 6) is 1.35. The van der Waals surface area contributed by atoms with Gasteiger partial charge in [-0.2, -0.15) is 5.10 Å².